The van der Waals surface area contributed by atoms with Crippen LogP contribution in [0.4, 0.5) is 4.79 Å². The molecule has 0 spiro atoms. The summed E-state index contributed by atoms with van der Waals surface area (Å²) < 4.78 is 0. The number of hydrogen-bond acceptors (Lipinski definition) is 3. The maximum Gasteiger partial charge on any atom is 0.315 e. The van der Waals surface area contributed by atoms with Crippen molar-refractivity contribution in [1.29, 1.82) is 0 Å². The van der Waals surface area contributed by atoms with Gasteiger partial charge in [-0.1, -0.05) is 6.92 Å². The summed E-state index contributed by atoms with van der Waals surface area (Å²) in [4.78, 5) is 35.1. The molecule has 18 heavy (non-hydrogen) atoms. The molecular weight excluding hydrogens is 238 g/mol. The first-order valence-electron chi connectivity index (χ1n) is 6.03. The van der Waals surface area contributed by atoms with E-state index in [-0.39, 0.29) is 19.0 Å². The second-order valence-corrected chi connectivity index (χ2v) is 4.39. The van der Waals surface area contributed by atoms with E-state index in [1.54, 1.807) is 4.90 Å². The molecule has 1 aliphatic heterocycles. The first-order chi connectivity index (χ1) is 8.50. The molecule has 0 saturated carbocycles. The molecule has 1 rings (SSSR count). The molecule has 102 valence electrons. The first kappa shape index (κ1) is 14.3. The molecule has 7 heteroatoms. The van der Waals surface area contributed by atoms with E-state index >= 15 is 0 Å². The number of aliphatic carboxylic acids is 1. The average Bonchev–Trinajstić information content (AvgIpc) is 2.86. The third-order valence-corrected chi connectivity index (χ3v) is 2.85. The number of nitrogens with one attached hydrogen (secondary N) is 2. The highest BCUT2D eigenvalue weighted by molar-refractivity contribution is 5.84. The molecule has 0 aromatic carbocycles. The van der Waals surface area contributed by atoms with Crippen LogP contribution in [-0.4, -0.2) is 54.1 Å². The molecule has 0 bridgehead atoms. The summed E-state index contributed by atoms with van der Waals surface area (Å²) in [6, 6.07) is -0.518. The summed E-state index contributed by atoms with van der Waals surface area (Å²) >= 11 is 0. The Morgan fingerprint density at radius 1 is 1.22 bits per heavy atom. The predicted octanol–water partition coefficient (Wildman–Crippen LogP) is -0.371. The molecule has 1 heterocycles. The Kier molecular flexibility index (Phi) is 5.41. The molecule has 1 aliphatic rings. The number of carbonyl (C=O) groups excluding carboxylic acids is 2. The number of amides is 3. The number of carbonyl (C=O) groups is 3. The molecule has 1 fully saturated rings. The standard InChI is InChI=1S/C11H19N3O4/c1-8(10(16)17)6-12-11(18)13-7-9(15)14-4-2-3-5-14/h8H,2-7H2,1H3,(H,16,17)(H2,12,13,18). The topological polar surface area (TPSA) is 98.7 Å². The van der Waals surface area contributed by atoms with Gasteiger partial charge in [0.25, 0.3) is 0 Å². The number of hydrogen-bond donors (Lipinski definition) is 3. The molecule has 1 saturated heterocycles. The summed E-state index contributed by atoms with van der Waals surface area (Å²) in [7, 11) is 0. The SMILES string of the molecule is CC(CNC(=O)NCC(=O)N1CCCC1)C(=O)O. The van der Waals surface area contributed by atoms with E-state index in [2.05, 4.69) is 10.6 Å². The Hall–Kier alpha value is -1.79. The summed E-state index contributed by atoms with van der Waals surface area (Å²) in [6.07, 6.45) is 2.02. The second kappa shape index (κ2) is 6.83. The minimum atomic E-state index is -0.969. The van der Waals surface area contributed by atoms with Crippen LogP contribution < -0.4 is 10.6 Å². The molecular formula is C11H19N3O4. The van der Waals surface area contributed by atoms with Gasteiger partial charge in [-0.3, -0.25) is 9.59 Å². The van der Waals surface area contributed by atoms with Crippen LogP contribution in [0, 0.1) is 5.92 Å². The Labute approximate surface area is 106 Å². The van der Waals surface area contributed by atoms with Crippen LogP contribution in [0.15, 0.2) is 0 Å². The van der Waals surface area contributed by atoms with Crippen LogP contribution >= 0.6 is 0 Å². The van der Waals surface area contributed by atoms with Gasteiger partial charge in [-0.15, -0.1) is 0 Å². The Balaban J connectivity index is 2.16. The number of carboxylic acid groups (broad SMARTS) is 1. The Morgan fingerprint density at radius 3 is 2.39 bits per heavy atom. The van der Waals surface area contributed by atoms with Crippen molar-refractivity contribution >= 4 is 17.9 Å². The van der Waals surface area contributed by atoms with Crippen molar-refractivity contribution in [3.8, 4) is 0 Å². The summed E-state index contributed by atoms with van der Waals surface area (Å²) in [5, 5.41) is 13.5. The van der Waals surface area contributed by atoms with Crippen LogP contribution in [-0.2, 0) is 9.59 Å². The number of rotatable bonds is 5. The zero-order chi connectivity index (χ0) is 13.5. The molecule has 1 unspecified atom stereocenters. The van der Waals surface area contributed by atoms with Crippen LogP contribution in [0.3, 0.4) is 0 Å². The average molecular weight is 257 g/mol. The summed E-state index contributed by atoms with van der Waals surface area (Å²) in [6.45, 7) is 2.99. The third-order valence-electron chi connectivity index (χ3n) is 2.85. The zero-order valence-electron chi connectivity index (χ0n) is 10.4. The van der Waals surface area contributed by atoms with E-state index in [1.807, 2.05) is 0 Å². The number of likely N-dealkylation sites (tertiary alicyclic amines) is 1. The van der Waals surface area contributed by atoms with Crippen LogP contribution in [0.1, 0.15) is 19.8 Å². The lowest BCUT2D eigenvalue weighted by Crippen LogP contribution is -2.44. The molecule has 3 amide bonds. The normalized spacial score (nSPS) is 16.2. The van der Waals surface area contributed by atoms with Gasteiger partial charge < -0.3 is 20.6 Å². The van der Waals surface area contributed by atoms with Gasteiger partial charge >= 0.3 is 12.0 Å². The maximum atomic E-state index is 11.6. The highest BCUT2D eigenvalue weighted by atomic mass is 16.4. The fraction of sp³-hybridized carbons (Fsp3) is 0.727. The monoisotopic (exact) mass is 257 g/mol. The van der Waals surface area contributed by atoms with Crippen molar-refractivity contribution < 1.29 is 19.5 Å². The van der Waals surface area contributed by atoms with Crippen molar-refractivity contribution in [2.45, 2.75) is 19.8 Å². The van der Waals surface area contributed by atoms with Crippen molar-refractivity contribution in [2.24, 2.45) is 5.92 Å². The van der Waals surface area contributed by atoms with E-state index in [4.69, 9.17) is 5.11 Å². The van der Waals surface area contributed by atoms with Gasteiger partial charge in [0, 0.05) is 19.6 Å². The molecule has 3 N–H and O–H groups in total. The molecule has 1 atom stereocenters. The van der Waals surface area contributed by atoms with Gasteiger partial charge in [0.05, 0.1) is 12.5 Å². The van der Waals surface area contributed by atoms with Crippen LogP contribution in [0.5, 0.6) is 0 Å². The van der Waals surface area contributed by atoms with Crippen molar-refractivity contribution in [3.05, 3.63) is 0 Å². The molecule has 0 radical (unpaired) electrons. The zero-order valence-corrected chi connectivity index (χ0v) is 10.4. The van der Waals surface area contributed by atoms with Gasteiger partial charge in [0.1, 0.15) is 0 Å². The lowest BCUT2D eigenvalue weighted by molar-refractivity contribution is -0.140. The number of urea groups is 1. The summed E-state index contributed by atoms with van der Waals surface area (Å²) in [5.74, 6) is -1.72. The van der Waals surface area contributed by atoms with Crippen molar-refractivity contribution in [3.63, 3.8) is 0 Å². The van der Waals surface area contributed by atoms with E-state index < -0.39 is 17.9 Å². The lowest BCUT2D eigenvalue weighted by Gasteiger charge is -2.16. The Bertz CT molecular complexity index is 326. The van der Waals surface area contributed by atoms with Gasteiger partial charge in [-0.25, -0.2) is 4.79 Å². The Morgan fingerprint density at radius 2 is 1.83 bits per heavy atom. The van der Waals surface area contributed by atoms with Crippen LogP contribution in [0.25, 0.3) is 0 Å². The maximum absolute atomic E-state index is 11.6. The highest BCUT2D eigenvalue weighted by Crippen LogP contribution is 2.06. The quantitative estimate of drug-likeness (QED) is 0.625. The fourth-order valence-corrected chi connectivity index (χ4v) is 1.63. The predicted molar refractivity (Wildman–Crippen MR) is 64.0 cm³/mol. The fourth-order valence-electron chi connectivity index (χ4n) is 1.63. The van der Waals surface area contributed by atoms with Gasteiger partial charge in [0.2, 0.25) is 5.91 Å². The summed E-state index contributed by atoms with van der Waals surface area (Å²) in [5.41, 5.74) is 0. The molecule has 0 aromatic heterocycles. The highest BCUT2D eigenvalue weighted by Gasteiger charge is 2.18. The minimum absolute atomic E-state index is 0.0407. The molecule has 0 aliphatic carbocycles. The number of carboxylic acids is 1. The molecule has 7 nitrogen and oxygen atoms in total. The smallest absolute Gasteiger partial charge is 0.315 e. The van der Waals surface area contributed by atoms with Crippen molar-refractivity contribution in [2.75, 3.05) is 26.2 Å². The lowest BCUT2D eigenvalue weighted by atomic mass is 10.2. The number of nitrogens with zero attached hydrogens (tertiary/aromatic N) is 1. The van der Waals surface area contributed by atoms with E-state index in [0.29, 0.717) is 0 Å². The molecule has 0 aromatic rings. The van der Waals surface area contributed by atoms with E-state index in [1.165, 1.54) is 6.92 Å². The third kappa shape index (κ3) is 4.60. The first-order valence-corrected chi connectivity index (χ1v) is 6.03. The van der Waals surface area contributed by atoms with E-state index in [9.17, 15) is 14.4 Å². The van der Waals surface area contributed by atoms with E-state index in [0.717, 1.165) is 25.9 Å². The van der Waals surface area contributed by atoms with Crippen molar-refractivity contribution in [1.82, 2.24) is 15.5 Å². The minimum Gasteiger partial charge on any atom is -0.481 e. The van der Waals surface area contributed by atoms with Gasteiger partial charge in [0.15, 0.2) is 0 Å². The largest absolute Gasteiger partial charge is 0.481 e. The van der Waals surface area contributed by atoms with Crippen LogP contribution in [0.2, 0.25) is 0 Å². The second-order valence-electron chi connectivity index (χ2n) is 4.39. The van der Waals surface area contributed by atoms with Gasteiger partial charge in [-0.05, 0) is 12.8 Å². The van der Waals surface area contributed by atoms with Gasteiger partial charge in [-0.2, -0.15) is 0 Å².